The zero-order valence-electron chi connectivity index (χ0n) is 13.2. The Hall–Kier alpha value is -2.27. The molecule has 126 valence electrons. The van der Waals surface area contributed by atoms with Gasteiger partial charge in [0.1, 0.15) is 0 Å². The molecule has 0 bridgehead atoms. The van der Waals surface area contributed by atoms with Crippen molar-refractivity contribution in [3.63, 3.8) is 0 Å². The molecule has 1 aliphatic rings. The van der Waals surface area contributed by atoms with Gasteiger partial charge in [-0.2, -0.15) is 0 Å². The van der Waals surface area contributed by atoms with Crippen LogP contribution in [0.4, 0.5) is 8.78 Å². The summed E-state index contributed by atoms with van der Waals surface area (Å²) in [5.74, 6) is -2.57. The van der Waals surface area contributed by atoms with E-state index in [4.69, 9.17) is 0 Å². The van der Waals surface area contributed by atoms with Crippen LogP contribution in [0, 0.1) is 17.6 Å². The number of hydrogen-bond acceptors (Lipinski definition) is 2. The molecule has 0 radical (unpaired) electrons. The number of aliphatic hydroxyl groups is 1. The maximum Gasteiger partial charge on any atom is 0.256 e. The van der Waals surface area contributed by atoms with E-state index in [1.54, 1.807) is 0 Å². The highest BCUT2D eigenvalue weighted by Crippen LogP contribution is 2.31. The molecular formula is C19H19F2NO2. The Morgan fingerprint density at radius 2 is 1.71 bits per heavy atom. The number of likely N-dealkylation sites (tertiary alicyclic amines) is 1. The summed E-state index contributed by atoms with van der Waals surface area (Å²) in [4.78, 5) is 13.9. The van der Waals surface area contributed by atoms with Gasteiger partial charge in [0.25, 0.3) is 5.91 Å². The molecule has 5 heteroatoms. The normalized spacial score (nSPS) is 16.9. The van der Waals surface area contributed by atoms with Crippen LogP contribution in [0.2, 0.25) is 0 Å². The number of piperidine rings is 1. The molecular weight excluding hydrogens is 312 g/mol. The molecule has 1 fully saturated rings. The number of amides is 1. The number of carbonyl (C=O) groups is 1. The number of benzene rings is 2. The van der Waals surface area contributed by atoms with Crippen molar-refractivity contribution in [2.24, 2.45) is 5.92 Å². The molecule has 1 heterocycles. The first-order valence-electron chi connectivity index (χ1n) is 8.04. The van der Waals surface area contributed by atoms with E-state index >= 15 is 0 Å². The largest absolute Gasteiger partial charge is 0.388 e. The Kier molecular flexibility index (Phi) is 4.90. The van der Waals surface area contributed by atoms with Gasteiger partial charge in [0.15, 0.2) is 11.6 Å². The van der Waals surface area contributed by atoms with Crippen molar-refractivity contribution < 1.29 is 18.7 Å². The fraction of sp³-hybridized carbons (Fsp3) is 0.316. The Morgan fingerprint density at radius 3 is 2.38 bits per heavy atom. The lowest BCUT2D eigenvalue weighted by atomic mass is 9.87. The van der Waals surface area contributed by atoms with E-state index in [1.807, 2.05) is 30.3 Å². The average molecular weight is 331 g/mol. The van der Waals surface area contributed by atoms with Crippen molar-refractivity contribution in [2.75, 3.05) is 13.1 Å². The van der Waals surface area contributed by atoms with E-state index in [0.717, 1.165) is 11.6 Å². The fourth-order valence-corrected chi connectivity index (χ4v) is 3.18. The van der Waals surface area contributed by atoms with Gasteiger partial charge < -0.3 is 10.0 Å². The molecule has 0 spiro atoms. The summed E-state index contributed by atoms with van der Waals surface area (Å²) in [6.07, 6.45) is 0.673. The van der Waals surface area contributed by atoms with E-state index in [-0.39, 0.29) is 11.5 Å². The number of nitrogens with zero attached hydrogens (tertiary/aromatic N) is 1. The Labute approximate surface area is 139 Å². The first-order valence-corrected chi connectivity index (χ1v) is 8.04. The van der Waals surface area contributed by atoms with Crippen LogP contribution in [0.5, 0.6) is 0 Å². The highest BCUT2D eigenvalue weighted by Gasteiger charge is 2.29. The summed E-state index contributed by atoms with van der Waals surface area (Å²) in [6, 6.07) is 13.0. The van der Waals surface area contributed by atoms with Crippen LogP contribution in [-0.4, -0.2) is 29.0 Å². The maximum absolute atomic E-state index is 13.8. The predicted octanol–water partition coefficient (Wildman–Crippen LogP) is 3.55. The minimum absolute atomic E-state index is 0.0498. The van der Waals surface area contributed by atoms with Crippen LogP contribution in [0.15, 0.2) is 48.5 Å². The molecule has 0 saturated carbocycles. The van der Waals surface area contributed by atoms with E-state index in [2.05, 4.69) is 0 Å². The lowest BCUT2D eigenvalue weighted by Gasteiger charge is -2.34. The summed E-state index contributed by atoms with van der Waals surface area (Å²) >= 11 is 0. The van der Waals surface area contributed by atoms with Crippen LogP contribution in [0.25, 0.3) is 0 Å². The van der Waals surface area contributed by atoms with Crippen LogP contribution in [0.1, 0.15) is 34.9 Å². The molecule has 0 aromatic heterocycles. The number of rotatable bonds is 3. The molecule has 3 rings (SSSR count). The van der Waals surface area contributed by atoms with Crippen molar-refractivity contribution in [1.82, 2.24) is 4.90 Å². The first-order chi connectivity index (χ1) is 11.6. The van der Waals surface area contributed by atoms with Gasteiger partial charge in [0.2, 0.25) is 0 Å². The summed E-state index contributed by atoms with van der Waals surface area (Å²) in [6.45, 7) is 0.840. The van der Waals surface area contributed by atoms with Gasteiger partial charge in [-0.15, -0.1) is 0 Å². The van der Waals surface area contributed by atoms with E-state index < -0.39 is 23.6 Å². The molecule has 1 saturated heterocycles. The van der Waals surface area contributed by atoms with E-state index in [1.165, 1.54) is 17.0 Å². The van der Waals surface area contributed by atoms with Gasteiger partial charge in [-0.3, -0.25) is 4.79 Å². The van der Waals surface area contributed by atoms with Gasteiger partial charge in [-0.25, -0.2) is 8.78 Å². The van der Waals surface area contributed by atoms with E-state index in [0.29, 0.717) is 25.9 Å². The van der Waals surface area contributed by atoms with Crippen molar-refractivity contribution >= 4 is 5.91 Å². The number of hydrogen-bond donors (Lipinski definition) is 1. The molecule has 1 amide bonds. The molecule has 1 N–H and O–H groups in total. The second kappa shape index (κ2) is 7.09. The van der Waals surface area contributed by atoms with Crippen molar-refractivity contribution in [2.45, 2.75) is 18.9 Å². The van der Waals surface area contributed by atoms with Crippen LogP contribution in [0.3, 0.4) is 0 Å². The first kappa shape index (κ1) is 16.6. The third-order valence-corrected chi connectivity index (χ3v) is 4.60. The quantitative estimate of drug-likeness (QED) is 0.934. The zero-order valence-corrected chi connectivity index (χ0v) is 13.2. The summed E-state index contributed by atoms with van der Waals surface area (Å²) in [7, 11) is 0. The van der Waals surface area contributed by atoms with Crippen molar-refractivity contribution in [3.05, 3.63) is 71.3 Å². The monoisotopic (exact) mass is 331 g/mol. The average Bonchev–Trinajstić information content (AvgIpc) is 2.64. The fourth-order valence-electron chi connectivity index (χ4n) is 3.18. The lowest BCUT2D eigenvalue weighted by molar-refractivity contribution is 0.0459. The van der Waals surface area contributed by atoms with Crippen LogP contribution >= 0.6 is 0 Å². The van der Waals surface area contributed by atoms with Crippen LogP contribution in [-0.2, 0) is 0 Å². The van der Waals surface area contributed by atoms with Gasteiger partial charge in [-0.05, 0) is 36.5 Å². The van der Waals surface area contributed by atoms with E-state index in [9.17, 15) is 18.7 Å². The molecule has 1 atom stereocenters. The third kappa shape index (κ3) is 3.31. The topological polar surface area (TPSA) is 40.5 Å². The maximum atomic E-state index is 13.8. The van der Waals surface area contributed by atoms with Gasteiger partial charge in [0.05, 0.1) is 11.7 Å². The third-order valence-electron chi connectivity index (χ3n) is 4.60. The highest BCUT2D eigenvalue weighted by atomic mass is 19.2. The van der Waals surface area contributed by atoms with Crippen molar-refractivity contribution in [1.29, 1.82) is 0 Å². The van der Waals surface area contributed by atoms with Gasteiger partial charge in [-0.1, -0.05) is 36.4 Å². The SMILES string of the molecule is O=C(c1cccc(F)c1F)N1CCC(C(O)c2ccccc2)CC1. The number of halogens is 2. The second-order valence-electron chi connectivity index (χ2n) is 6.09. The second-order valence-corrected chi connectivity index (χ2v) is 6.09. The molecule has 1 unspecified atom stereocenters. The van der Waals surface area contributed by atoms with Gasteiger partial charge in [0, 0.05) is 13.1 Å². The Bertz CT molecular complexity index is 713. The van der Waals surface area contributed by atoms with Crippen molar-refractivity contribution in [3.8, 4) is 0 Å². The minimum atomic E-state index is -1.10. The van der Waals surface area contributed by atoms with Crippen LogP contribution < -0.4 is 0 Å². The number of carbonyl (C=O) groups excluding carboxylic acids is 1. The number of aliphatic hydroxyl groups excluding tert-OH is 1. The highest BCUT2D eigenvalue weighted by molar-refractivity contribution is 5.94. The molecule has 2 aromatic rings. The molecule has 3 nitrogen and oxygen atoms in total. The zero-order chi connectivity index (χ0) is 17.1. The molecule has 1 aliphatic heterocycles. The Balaban J connectivity index is 1.65. The minimum Gasteiger partial charge on any atom is -0.388 e. The smallest absolute Gasteiger partial charge is 0.256 e. The summed E-state index contributed by atoms with van der Waals surface area (Å²) < 4.78 is 27.1. The van der Waals surface area contributed by atoms with Gasteiger partial charge >= 0.3 is 0 Å². The summed E-state index contributed by atoms with van der Waals surface area (Å²) in [5.41, 5.74) is 0.621. The molecule has 2 aromatic carbocycles. The standard InChI is InChI=1S/C19H19F2NO2/c20-16-8-4-7-15(17(16)21)19(24)22-11-9-14(10-12-22)18(23)13-5-2-1-3-6-13/h1-8,14,18,23H,9-12H2. The lowest BCUT2D eigenvalue weighted by Crippen LogP contribution is -2.40. The molecule has 0 aliphatic carbocycles. The molecule has 24 heavy (non-hydrogen) atoms. The Morgan fingerprint density at radius 1 is 1.04 bits per heavy atom. The predicted molar refractivity (Wildman–Crippen MR) is 86.4 cm³/mol. The summed E-state index contributed by atoms with van der Waals surface area (Å²) in [5, 5.41) is 10.5.